The Balaban J connectivity index is 1.76. The van der Waals surface area contributed by atoms with Crippen LogP contribution in [0.2, 0.25) is 5.02 Å². The monoisotopic (exact) mass is 451 g/mol. The van der Waals surface area contributed by atoms with Gasteiger partial charge >= 0.3 is 6.09 Å². The van der Waals surface area contributed by atoms with Crippen molar-refractivity contribution in [2.45, 2.75) is 6.92 Å². The van der Waals surface area contributed by atoms with Gasteiger partial charge in [0.15, 0.2) is 5.82 Å². The van der Waals surface area contributed by atoms with Crippen molar-refractivity contribution in [2.75, 3.05) is 44.7 Å². The van der Waals surface area contributed by atoms with E-state index >= 15 is 0 Å². The zero-order valence-corrected chi connectivity index (χ0v) is 19.0. The molecule has 166 valence electrons. The maximum absolute atomic E-state index is 12.1. The second kappa shape index (κ2) is 9.44. The molecule has 4 rings (SSSR count). The van der Waals surface area contributed by atoms with Crippen LogP contribution in [0.15, 0.2) is 49.0 Å². The summed E-state index contributed by atoms with van der Waals surface area (Å²) in [5, 5.41) is 4.63. The molecule has 1 aromatic heterocycles. The van der Waals surface area contributed by atoms with Gasteiger partial charge in [-0.05, 0) is 36.8 Å². The average molecular weight is 452 g/mol. The standard InChI is InChI=1S/C24H26ClN5O2/c1-4-32-24(31)30-13-11-29(12-14-30)23-19-10-9-17(16(2)26-3)15-21(19)27-22(28-23)18-7-5-6-8-20(18)25/h5-10,15,26H,2,4,11-14H2,1,3H3. The minimum atomic E-state index is -0.272. The molecule has 2 aromatic carbocycles. The molecule has 1 aliphatic heterocycles. The third-order valence-corrected chi connectivity index (χ3v) is 5.88. The molecule has 7 nitrogen and oxygen atoms in total. The zero-order valence-electron chi connectivity index (χ0n) is 18.3. The Bertz CT molecular complexity index is 1160. The van der Waals surface area contributed by atoms with Crippen LogP contribution < -0.4 is 10.2 Å². The maximum Gasteiger partial charge on any atom is 0.409 e. The molecule has 1 aliphatic rings. The number of rotatable bonds is 5. The third-order valence-electron chi connectivity index (χ3n) is 5.55. The second-order valence-electron chi connectivity index (χ2n) is 7.48. The second-order valence-corrected chi connectivity index (χ2v) is 7.89. The Labute approximate surface area is 192 Å². The zero-order chi connectivity index (χ0) is 22.7. The Morgan fingerprint density at radius 3 is 2.59 bits per heavy atom. The molecule has 0 radical (unpaired) electrons. The summed E-state index contributed by atoms with van der Waals surface area (Å²) < 4.78 is 5.14. The van der Waals surface area contributed by atoms with Gasteiger partial charge in [0.05, 0.1) is 17.1 Å². The topological polar surface area (TPSA) is 70.6 Å². The number of benzene rings is 2. The fraction of sp³-hybridized carbons (Fsp3) is 0.292. The van der Waals surface area contributed by atoms with Gasteiger partial charge in [-0.15, -0.1) is 0 Å². The summed E-state index contributed by atoms with van der Waals surface area (Å²) in [6.45, 7) is 8.69. The molecule has 0 saturated carbocycles. The molecular weight excluding hydrogens is 426 g/mol. The summed E-state index contributed by atoms with van der Waals surface area (Å²) in [6, 6.07) is 13.6. The predicted octanol–water partition coefficient (Wildman–Crippen LogP) is 4.42. The van der Waals surface area contributed by atoms with Crippen molar-refractivity contribution < 1.29 is 9.53 Å². The molecule has 8 heteroatoms. The smallest absolute Gasteiger partial charge is 0.409 e. The summed E-state index contributed by atoms with van der Waals surface area (Å²) in [5.74, 6) is 1.40. The van der Waals surface area contributed by atoms with E-state index in [1.165, 1.54) is 0 Å². The number of carbonyl (C=O) groups excluding carboxylic acids is 1. The van der Waals surface area contributed by atoms with Crippen molar-refractivity contribution in [3.63, 3.8) is 0 Å². The lowest BCUT2D eigenvalue weighted by Crippen LogP contribution is -2.49. The average Bonchev–Trinajstić information content (AvgIpc) is 2.83. The molecule has 0 aliphatic carbocycles. The van der Waals surface area contributed by atoms with E-state index in [0.717, 1.165) is 33.5 Å². The number of nitrogens with one attached hydrogen (secondary N) is 1. The van der Waals surface area contributed by atoms with Crippen LogP contribution in [-0.4, -0.2) is 60.8 Å². The van der Waals surface area contributed by atoms with Gasteiger partial charge in [-0.25, -0.2) is 14.8 Å². The third kappa shape index (κ3) is 4.34. The van der Waals surface area contributed by atoms with Crippen LogP contribution in [0.5, 0.6) is 0 Å². The van der Waals surface area contributed by atoms with Crippen LogP contribution in [0.4, 0.5) is 10.6 Å². The van der Waals surface area contributed by atoms with Gasteiger partial charge in [0.1, 0.15) is 5.82 Å². The molecular formula is C24H26ClN5O2. The number of hydrogen-bond donors (Lipinski definition) is 1. The minimum absolute atomic E-state index is 0.272. The number of hydrogen-bond acceptors (Lipinski definition) is 6. The van der Waals surface area contributed by atoms with Gasteiger partial charge in [0.25, 0.3) is 0 Å². The Morgan fingerprint density at radius 1 is 1.16 bits per heavy atom. The highest BCUT2D eigenvalue weighted by atomic mass is 35.5. The lowest BCUT2D eigenvalue weighted by Gasteiger charge is -2.35. The first-order valence-corrected chi connectivity index (χ1v) is 11.0. The normalized spacial score (nSPS) is 13.8. The number of anilines is 1. The summed E-state index contributed by atoms with van der Waals surface area (Å²) >= 11 is 6.46. The van der Waals surface area contributed by atoms with Crippen LogP contribution in [0, 0.1) is 0 Å². The van der Waals surface area contributed by atoms with E-state index in [9.17, 15) is 4.79 Å². The van der Waals surface area contributed by atoms with Gasteiger partial charge in [0, 0.05) is 49.9 Å². The number of piperazine rings is 1. The van der Waals surface area contributed by atoms with Gasteiger partial charge in [-0.3, -0.25) is 0 Å². The van der Waals surface area contributed by atoms with Crippen LogP contribution in [0.3, 0.4) is 0 Å². The summed E-state index contributed by atoms with van der Waals surface area (Å²) in [5.41, 5.74) is 3.36. The fourth-order valence-electron chi connectivity index (χ4n) is 3.76. The molecule has 0 spiro atoms. The largest absolute Gasteiger partial charge is 0.450 e. The van der Waals surface area contributed by atoms with E-state index in [4.69, 9.17) is 26.3 Å². The predicted molar refractivity (Wildman–Crippen MR) is 129 cm³/mol. The van der Waals surface area contributed by atoms with E-state index in [0.29, 0.717) is 43.6 Å². The first-order chi connectivity index (χ1) is 15.5. The van der Waals surface area contributed by atoms with E-state index in [1.807, 2.05) is 56.4 Å². The highest BCUT2D eigenvalue weighted by Crippen LogP contribution is 2.32. The first kappa shape index (κ1) is 21.9. The molecule has 0 unspecified atom stereocenters. The number of carbonyl (C=O) groups is 1. The van der Waals surface area contributed by atoms with Gasteiger partial charge in [-0.1, -0.05) is 36.4 Å². The van der Waals surface area contributed by atoms with E-state index in [2.05, 4.69) is 16.8 Å². The van der Waals surface area contributed by atoms with E-state index in [-0.39, 0.29) is 6.09 Å². The Morgan fingerprint density at radius 2 is 1.91 bits per heavy atom. The number of fused-ring (bicyclic) bond motifs is 1. The van der Waals surface area contributed by atoms with Crippen molar-refractivity contribution in [1.29, 1.82) is 0 Å². The van der Waals surface area contributed by atoms with Crippen molar-refractivity contribution in [3.8, 4) is 11.4 Å². The summed E-state index contributed by atoms with van der Waals surface area (Å²) in [7, 11) is 1.84. The first-order valence-electron chi connectivity index (χ1n) is 10.6. The number of halogens is 1. The molecule has 3 aromatic rings. The highest BCUT2D eigenvalue weighted by molar-refractivity contribution is 6.33. The number of amides is 1. The van der Waals surface area contributed by atoms with Crippen molar-refractivity contribution in [2.24, 2.45) is 0 Å². The summed E-state index contributed by atoms with van der Waals surface area (Å²) in [6.07, 6.45) is -0.272. The van der Waals surface area contributed by atoms with E-state index < -0.39 is 0 Å². The van der Waals surface area contributed by atoms with Crippen molar-refractivity contribution >= 4 is 40.1 Å². The Kier molecular flexibility index (Phi) is 6.46. The fourth-order valence-corrected chi connectivity index (χ4v) is 3.98. The van der Waals surface area contributed by atoms with Gasteiger partial charge in [-0.2, -0.15) is 0 Å². The molecule has 2 heterocycles. The number of aromatic nitrogens is 2. The van der Waals surface area contributed by atoms with Crippen molar-refractivity contribution in [3.05, 3.63) is 59.6 Å². The SMILES string of the molecule is C=C(NC)c1ccc2c(N3CCN(C(=O)OCC)CC3)nc(-c3ccccc3Cl)nc2c1. The minimum Gasteiger partial charge on any atom is -0.450 e. The van der Waals surface area contributed by atoms with Crippen LogP contribution >= 0.6 is 11.6 Å². The van der Waals surface area contributed by atoms with Crippen molar-refractivity contribution in [1.82, 2.24) is 20.2 Å². The molecule has 1 fully saturated rings. The molecule has 0 atom stereocenters. The molecule has 1 N–H and O–H groups in total. The quantitative estimate of drug-likeness (QED) is 0.619. The Hall–Kier alpha value is -3.32. The lowest BCUT2D eigenvalue weighted by atomic mass is 10.1. The molecule has 1 amide bonds. The lowest BCUT2D eigenvalue weighted by molar-refractivity contribution is 0.105. The molecule has 32 heavy (non-hydrogen) atoms. The number of ether oxygens (including phenoxy) is 1. The van der Waals surface area contributed by atoms with E-state index in [1.54, 1.807) is 4.90 Å². The molecule has 0 bridgehead atoms. The van der Waals surface area contributed by atoms with Gasteiger partial charge < -0.3 is 19.9 Å². The summed E-state index contributed by atoms with van der Waals surface area (Å²) in [4.78, 5) is 25.8. The van der Waals surface area contributed by atoms with Gasteiger partial charge in [0.2, 0.25) is 0 Å². The maximum atomic E-state index is 12.1. The van der Waals surface area contributed by atoms with Crippen LogP contribution in [0.25, 0.3) is 28.0 Å². The molecule has 1 saturated heterocycles. The van der Waals surface area contributed by atoms with Crippen LogP contribution in [-0.2, 0) is 4.74 Å². The van der Waals surface area contributed by atoms with Crippen LogP contribution in [0.1, 0.15) is 12.5 Å². The number of nitrogens with zero attached hydrogens (tertiary/aromatic N) is 4. The highest BCUT2D eigenvalue weighted by Gasteiger charge is 2.25.